The number of hydrogen-bond acceptors (Lipinski definition) is 3. The SMILES string of the molecule is Cc1c(O)cccc1C(N)CCO. The number of aromatic hydroxyl groups is 1. The molecule has 0 bridgehead atoms. The average molecular weight is 181 g/mol. The van der Waals surface area contributed by atoms with E-state index in [1.54, 1.807) is 12.1 Å². The molecule has 1 aromatic rings. The molecular weight excluding hydrogens is 166 g/mol. The molecule has 1 aromatic carbocycles. The summed E-state index contributed by atoms with van der Waals surface area (Å²) >= 11 is 0. The maximum absolute atomic E-state index is 9.40. The maximum Gasteiger partial charge on any atom is 0.118 e. The van der Waals surface area contributed by atoms with Crippen LogP contribution in [0.1, 0.15) is 23.6 Å². The highest BCUT2D eigenvalue weighted by molar-refractivity contribution is 5.39. The Labute approximate surface area is 77.8 Å². The third kappa shape index (κ3) is 2.20. The van der Waals surface area contributed by atoms with Crippen LogP contribution in [0.15, 0.2) is 18.2 Å². The molecule has 0 aromatic heterocycles. The molecule has 0 saturated heterocycles. The second kappa shape index (κ2) is 4.25. The highest BCUT2D eigenvalue weighted by Crippen LogP contribution is 2.24. The second-order valence-electron chi connectivity index (χ2n) is 3.11. The fourth-order valence-electron chi connectivity index (χ4n) is 1.34. The van der Waals surface area contributed by atoms with E-state index in [-0.39, 0.29) is 18.4 Å². The van der Waals surface area contributed by atoms with Gasteiger partial charge in [-0.05, 0) is 30.5 Å². The van der Waals surface area contributed by atoms with Crippen LogP contribution in [-0.4, -0.2) is 16.8 Å². The summed E-state index contributed by atoms with van der Waals surface area (Å²) in [5, 5.41) is 18.1. The molecule has 1 rings (SSSR count). The van der Waals surface area contributed by atoms with Crippen LogP contribution in [0.25, 0.3) is 0 Å². The van der Waals surface area contributed by atoms with E-state index >= 15 is 0 Å². The van der Waals surface area contributed by atoms with Gasteiger partial charge in [-0.3, -0.25) is 0 Å². The first kappa shape index (κ1) is 10.0. The van der Waals surface area contributed by atoms with Crippen LogP contribution < -0.4 is 5.73 Å². The number of phenolic OH excluding ortho intramolecular Hbond substituents is 1. The Morgan fingerprint density at radius 1 is 1.46 bits per heavy atom. The van der Waals surface area contributed by atoms with Crippen molar-refractivity contribution in [1.82, 2.24) is 0 Å². The summed E-state index contributed by atoms with van der Waals surface area (Å²) in [6.07, 6.45) is 0.518. The molecule has 72 valence electrons. The van der Waals surface area contributed by atoms with Crippen LogP contribution in [0, 0.1) is 6.92 Å². The van der Waals surface area contributed by atoms with Crippen LogP contribution in [0.2, 0.25) is 0 Å². The summed E-state index contributed by atoms with van der Waals surface area (Å²) in [5.41, 5.74) is 7.50. The molecule has 0 aliphatic carbocycles. The normalized spacial score (nSPS) is 12.8. The smallest absolute Gasteiger partial charge is 0.118 e. The Hall–Kier alpha value is -1.06. The molecule has 0 fully saturated rings. The quantitative estimate of drug-likeness (QED) is 0.653. The van der Waals surface area contributed by atoms with Gasteiger partial charge in [0, 0.05) is 12.6 Å². The van der Waals surface area contributed by atoms with E-state index in [9.17, 15) is 5.11 Å². The van der Waals surface area contributed by atoms with Gasteiger partial charge >= 0.3 is 0 Å². The molecule has 4 N–H and O–H groups in total. The van der Waals surface area contributed by atoms with Crippen molar-refractivity contribution in [3.8, 4) is 5.75 Å². The van der Waals surface area contributed by atoms with Crippen LogP contribution in [-0.2, 0) is 0 Å². The van der Waals surface area contributed by atoms with Gasteiger partial charge in [-0.15, -0.1) is 0 Å². The second-order valence-corrected chi connectivity index (χ2v) is 3.11. The zero-order valence-corrected chi connectivity index (χ0v) is 7.70. The maximum atomic E-state index is 9.40. The van der Waals surface area contributed by atoms with E-state index in [1.807, 2.05) is 13.0 Å². The molecular formula is C10H15NO2. The summed E-state index contributed by atoms with van der Waals surface area (Å²) in [7, 11) is 0. The fourth-order valence-corrected chi connectivity index (χ4v) is 1.34. The van der Waals surface area contributed by atoms with Crippen molar-refractivity contribution in [2.75, 3.05) is 6.61 Å². The number of rotatable bonds is 3. The van der Waals surface area contributed by atoms with Crippen molar-refractivity contribution in [1.29, 1.82) is 0 Å². The first-order chi connectivity index (χ1) is 6.16. The van der Waals surface area contributed by atoms with Crippen LogP contribution in [0.3, 0.4) is 0 Å². The topological polar surface area (TPSA) is 66.5 Å². The number of aliphatic hydroxyl groups excluding tert-OH is 1. The van der Waals surface area contributed by atoms with Crippen molar-refractivity contribution in [2.24, 2.45) is 5.73 Å². The minimum absolute atomic E-state index is 0.0657. The van der Waals surface area contributed by atoms with Crippen LogP contribution >= 0.6 is 0 Å². The summed E-state index contributed by atoms with van der Waals surface area (Å²) in [6.45, 7) is 1.89. The fraction of sp³-hybridized carbons (Fsp3) is 0.400. The molecule has 0 saturated carbocycles. The summed E-state index contributed by atoms with van der Waals surface area (Å²) in [4.78, 5) is 0. The van der Waals surface area contributed by atoms with Gasteiger partial charge in [-0.25, -0.2) is 0 Å². The molecule has 0 amide bonds. The Kier molecular flexibility index (Phi) is 3.28. The third-order valence-electron chi connectivity index (χ3n) is 2.19. The lowest BCUT2D eigenvalue weighted by molar-refractivity contribution is 0.276. The minimum atomic E-state index is -0.197. The lowest BCUT2D eigenvalue weighted by Crippen LogP contribution is -2.13. The van der Waals surface area contributed by atoms with E-state index in [0.717, 1.165) is 11.1 Å². The van der Waals surface area contributed by atoms with Gasteiger partial charge in [0.05, 0.1) is 0 Å². The van der Waals surface area contributed by atoms with E-state index < -0.39 is 0 Å². The number of aliphatic hydroxyl groups is 1. The van der Waals surface area contributed by atoms with Gasteiger partial charge in [-0.1, -0.05) is 12.1 Å². The number of nitrogens with two attached hydrogens (primary N) is 1. The van der Waals surface area contributed by atoms with Gasteiger partial charge in [-0.2, -0.15) is 0 Å². The first-order valence-corrected chi connectivity index (χ1v) is 4.31. The monoisotopic (exact) mass is 181 g/mol. The van der Waals surface area contributed by atoms with Crippen LogP contribution in [0.5, 0.6) is 5.75 Å². The lowest BCUT2D eigenvalue weighted by Gasteiger charge is -2.13. The molecule has 1 atom stereocenters. The van der Waals surface area contributed by atoms with Crippen LogP contribution in [0.4, 0.5) is 0 Å². The molecule has 0 radical (unpaired) electrons. The molecule has 0 spiro atoms. The standard InChI is InChI=1S/C10H15NO2/c1-7-8(9(11)5-6-12)3-2-4-10(7)13/h2-4,9,12-13H,5-6,11H2,1H3. The van der Waals surface area contributed by atoms with Gasteiger partial charge in [0.2, 0.25) is 0 Å². The minimum Gasteiger partial charge on any atom is -0.508 e. The summed E-state index contributed by atoms with van der Waals surface area (Å²) < 4.78 is 0. The summed E-state index contributed by atoms with van der Waals surface area (Å²) in [5.74, 6) is 0.255. The average Bonchev–Trinajstić information content (AvgIpc) is 2.10. The Morgan fingerprint density at radius 2 is 2.15 bits per heavy atom. The van der Waals surface area contributed by atoms with Crippen molar-refractivity contribution in [2.45, 2.75) is 19.4 Å². The van der Waals surface area contributed by atoms with Crippen molar-refractivity contribution in [3.05, 3.63) is 29.3 Å². The third-order valence-corrected chi connectivity index (χ3v) is 2.19. The molecule has 13 heavy (non-hydrogen) atoms. The van der Waals surface area contributed by atoms with E-state index in [2.05, 4.69) is 0 Å². The van der Waals surface area contributed by atoms with E-state index in [4.69, 9.17) is 10.8 Å². The number of benzene rings is 1. The van der Waals surface area contributed by atoms with Gasteiger partial charge in [0.15, 0.2) is 0 Å². The molecule has 3 heteroatoms. The highest BCUT2D eigenvalue weighted by Gasteiger charge is 2.09. The zero-order valence-electron chi connectivity index (χ0n) is 7.70. The predicted molar refractivity (Wildman–Crippen MR) is 51.5 cm³/mol. The Bertz CT molecular complexity index is 286. The Morgan fingerprint density at radius 3 is 2.77 bits per heavy atom. The largest absolute Gasteiger partial charge is 0.508 e. The van der Waals surface area contributed by atoms with Crippen molar-refractivity contribution < 1.29 is 10.2 Å². The van der Waals surface area contributed by atoms with Gasteiger partial charge in [0.25, 0.3) is 0 Å². The molecule has 1 unspecified atom stereocenters. The number of phenols is 1. The van der Waals surface area contributed by atoms with Crippen molar-refractivity contribution in [3.63, 3.8) is 0 Å². The molecule has 0 heterocycles. The molecule has 0 aliphatic heterocycles. The molecule has 0 aliphatic rings. The van der Waals surface area contributed by atoms with Crippen molar-refractivity contribution >= 4 is 0 Å². The predicted octanol–water partition coefficient (Wildman–Crippen LogP) is 1.08. The number of hydrogen-bond donors (Lipinski definition) is 3. The Balaban J connectivity index is 2.93. The zero-order chi connectivity index (χ0) is 9.84. The van der Waals surface area contributed by atoms with E-state index in [1.165, 1.54) is 0 Å². The lowest BCUT2D eigenvalue weighted by atomic mass is 9.99. The van der Waals surface area contributed by atoms with Gasteiger partial charge < -0.3 is 15.9 Å². The molecule has 3 nitrogen and oxygen atoms in total. The summed E-state index contributed by atoms with van der Waals surface area (Å²) in [6, 6.07) is 5.06. The highest BCUT2D eigenvalue weighted by atomic mass is 16.3. The van der Waals surface area contributed by atoms with E-state index in [0.29, 0.717) is 6.42 Å². The first-order valence-electron chi connectivity index (χ1n) is 4.31. The van der Waals surface area contributed by atoms with Gasteiger partial charge in [0.1, 0.15) is 5.75 Å².